The SMILES string of the molecule is CC(C)(C)CCC(=O)N[C@H]1CCc2cn[nH]c2C1. The van der Waals surface area contributed by atoms with Crippen LogP contribution >= 0.6 is 0 Å². The second-order valence-corrected chi connectivity index (χ2v) is 6.44. The molecule has 2 rings (SSSR count). The van der Waals surface area contributed by atoms with Gasteiger partial charge < -0.3 is 5.32 Å². The molecule has 2 N–H and O–H groups in total. The number of carbonyl (C=O) groups is 1. The monoisotopic (exact) mass is 249 g/mol. The summed E-state index contributed by atoms with van der Waals surface area (Å²) in [4.78, 5) is 11.9. The molecule has 0 unspecified atom stereocenters. The molecule has 1 aromatic rings. The molecular weight excluding hydrogens is 226 g/mol. The van der Waals surface area contributed by atoms with E-state index in [1.165, 1.54) is 11.3 Å². The molecule has 0 aliphatic heterocycles. The number of H-pyrrole nitrogens is 1. The first kappa shape index (κ1) is 13.1. The topological polar surface area (TPSA) is 57.8 Å². The third kappa shape index (κ3) is 3.59. The summed E-state index contributed by atoms with van der Waals surface area (Å²) in [7, 11) is 0. The molecule has 0 fully saturated rings. The van der Waals surface area contributed by atoms with E-state index in [9.17, 15) is 4.79 Å². The second kappa shape index (κ2) is 5.12. The van der Waals surface area contributed by atoms with Crippen molar-refractivity contribution in [2.75, 3.05) is 0 Å². The van der Waals surface area contributed by atoms with Crippen LogP contribution in [0.15, 0.2) is 6.20 Å². The lowest BCUT2D eigenvalue weighted by Crippen LogP contribution is -2.39. The van der Waals surface area contributed by atoms with Crippen LogP contribution < -0.4 is 5.32 Å². The van der Waals surface area contributed by atoms with E-state index < -0.39 is 0 Å². The molecule has 4 heteroatoms. The Labute approximate surface area is 109 Å². The Kier molecular flexibility index (Phi) is 3.73. The first-order chi connectivity index (χ1) is 8.44. The second-order valence-electron chi connectivity index (χ2n) is 6.44. The van der Waals surface area contributed by atoms with Gasteiger partial charge in [0.05, 0.1) is 6.20 Å². The highest BCUT2D eigenvalue weighted by Crippen LogP contribution is 2.21. The van der Waals surface area contributed by atoms with Gasteiger partial charge in [0.2, 0.25) is 5.91 Å². The van der Waals surface area contributed by atoms with Crippen LogP contribution in [-0.4, -0.2) is 22.1 Å². The van der Waals surface area contributed by atoms with Crippen LogP contribution in [0.4, 0.5) is 0 Å². The Balaban J connectivity index is 1.79. The molecule has 1 aliphatic carbocycles. The highest BCUT2D eigenvalue weighted by molar-refractivity contribution is 5.76. The molecule has 1 aliphatic rings. The Morgan fingerprint density at radius 3 is 3.06 bits per heavy atom. The van der Waals surface area contributed by atoms with E-state index in [4.69, 9.17) is 0 Å². The minimum atomic E-state index is 0.179. The number of nitrogens with zero attached hydrogens (tertiary/aromatic N) is 1. The molecular formula is C14H23N3O. The fraction of sp³-hybridized carbons (Fsp3) is 0.714. The summed E-state index contributed by atoms with van der Waals surface area (Å²) in [5.41, 5.74) is 2.71. The molecule has 1 amide bonds. The zero-order chi connectivity index (χ0) is 13.2. The highest BCUT2D eigenvalue weighted by atomic mass is 16.1. The van der Waals surface area contributed by atoms with Gasteiger partial charge in [-0.05, 0) is 30.2 Å². The number of fused-ring (bicyclic) bond motifs is 1. The van der Waals surface area contributed by atoms with Crippen molar-refractivity contribution in [1.29, 1.82) is 0 Å². The summed E-state index contributed by atoms with van der Waals surface area (Å²) in [6.07, 6.45) is 6.37. The maximum absolute atomic E-state index is 11.9. The van der Waals surface area contributed by atoms with Crippen molar-refractivity contribution in [2.24, 2.45) is 5.41 Å². The molecule has 100 valence electrons. The third-order valence-electron chi connectivity index (χ3n) is 3.49. The maximum Gasteiger partial charge on any atom is 0.220 e. The number of aromatic nitrogens is 2. The minimum Gasteiger partial charge on any atom is -0.353 e. The Morgan fingerprint density at radius 2 is 2.33 bits per heavy atom. The van der Waals surface area contributed by atoms with Crippen molar-refractivity contribution >= 4 is 5.91 Å². The van der Waals surface area contributed by atoms with E-state index in [0.29, 0.717) is 6.42 Å². The van der Waals surface area contributed by atoms with Gasteiger partial charge in [-0.15, -0.1) is 0 Å². The zero-order valence-corrected chi connectivity index (χ0v) is 11.5. The standard InChI is InChI=1S/C14H23N3O/c1-14(2,3)7-6-13(18)16-11-5-4-10-9-15-17-12(10)8-11/h9,11H,4-8H2,1-3H3,(H,15,17)(H,16,18)/t11-/m0/s1. The predicted molar refractivity (Wildman–Crippen MR) is 71.2 cm³/mol. The van der Waals surface area contributed by atoms with Crippen LogP contribution in [-0.2, 0) is 17.6 Å². The van der Waals surface area contributed by atoms with E-state index in [0.717, 1.165) is 25.7 Å². The maximum atomic E-state index is 11.9. The van der Waals surface area contributed by atoms with Gasteiger partial charge in [-0.2, -0.15) is 5.10 Å². The minimum absolute atomic E-state index is 0.179. The van der Waals surface area contributed by atoms with Crippen molar-refractivity contribution in [3.63, 3.8) is 0 Å². The van der Waals surface area contributed by atoms with Crippen LogP contribution in [0.1, 0.15) is 51.3 Å². The zero-order valence-electron chi connectivity index (χ0n) is 11.5. The van der Waals surface area contributed by atoms with Crippen molar-refractivity contribution in [2.45, 2.75) is 58.9 Å². The normalized spacial score (nSPS) is 19.4. The number of carbonyl (C=O) groups excluding carboxylic acids is 1. The number of aromatic amines is 1. The molecule has 1 heterocycles. The van der Waals surface area contributed by atoms with E-state index in [1.807, 2.05) is 6.20 Å². The largest absolute Gasteiger partial charge is 0.353 e. The Hall–Kier alpha value is -1.32. The van der Waals surface area contributed by atoms with Crippen LogP contribution in [0, 0.1) is 5.41 Å². The number of rotatable bonds is 3. The van der Waals surface area contributed by atoms with Crippen LogP contribution in [0.2, 0.25) is 0 Å². The Morgan fingerprint density at radius 1 is 1.56 bits per heavy atom. The fourth-order valence-electron chi connectivity index (χ4n) is 2.32. The summed E-state index contributed by atoms with van der Waals surface area (Å²) in [6, 6.07) is 0.269. The van der Waals surface area contributed by atoms with E-state index in [1.54, 1.807) is 0 Å². The molecule has 1 atom stereocenters. The van der Waals surface area contributed by atoms with Crippen molar-refractivity contribution < 1.29 is 4.79 Å². The van der Waals surface area contributed by atoms with E-state index in [-0.39, 0.29) is 17.4 Å². The van der Waals surface area contributed by atoms with Gasteiger partial charge in [0, 0.05) is 24.6 Å². The van der Waals surface area contributed by atoms with Crippen molar-refractivity contribution in [3.05, 3.63) is 17.5 Å². The van der Waals surface area contributed by atoms with Gasteiger partial charge >= 0.3 is 0 Å². The van der Waals surface area contributed by atoms with Crippen molar-refractivity contribution in [3.8, 4) is 0 Å². The number of amides is 1. The van der Waals surface area contributed by atoms with Gasteiger partial charge in [-0.25, -0.2) is 0 Å². The molecule has 1 aromatic heterocycles. The summed E-state index contributed by atoms with van der Waals surface area (Å²) < 4.78 is 0. The molecule has 4 nitrogen and oxygen atoms in total. The molecule has 0 saturated heterocycles. The Bertz CT molecular complexity index is 417. The smallest absolute Gasteiger partial charge is 0.220 e. The first-order valence-electron chi connectivity index (χ1n) is 6.74. The molecule has 0 saturated carbocycles. The molecule has 18 heavy (non-hydrogen) atoms. The van der Waals surface area contributed by atoms with Crippen LogP contribution in [0.3, 0.4) is 0 Å². The summed E-state index contributed by atoms with van der Waals surface area (Å²) >= 11 is 0. The van der Waals surface area contributed by atoms with E-state index >= 15 is 0 Å². The predicted octanol–water partition coefficient (Wildman–Crippen LogP) is 2.21. The number of hydrogen-bond donors (Lipinski definition) is 2. The van der Waals surface area contributed by atoms with Gasteiger partial charge in [0.1, 0.15) is 0 Å². The molecule has 0 bridgehead atoms. The highest BCUT2D eigenvalue weighted by Gasteiger charge is 2.22. The number of hydrogen-bond acceptors (Lipinski definition) is 2. The van der Waals surface area contributed by atoms with Gasteiger partial charge in [0.25, 0.3) is 0 Å². The van der Waals surface area contributed by atoms with Gasteiger partial charge in [-0.1, -0.05) is 20.8 Å². The average Bonchev–Trinajstić information content (AvgIpc) is 2.72. The first-order valence-corrected chi connectivity index (χ1v) is 6.74. The number of aryl methyl sites for hydroxylation is 1. The molecule has 0 radical (unpaired) electrons. The lowest BCUT2D eigenvalue weighted by atomic mass is 9.90. The van der Waals surface area contributed by atoms with Gasteiger partial charge in [-0.3, -0.25) is 9.89 Å². The van der Waals surface area contributed by atoms with Crippen molar-refractivity contribution in [1.82, 2.24) is 15.5 Å². The third-order valence-corrected chi connectivity index (χ3v) is 3.49. The quantitative estimate of drug-likeness (QED) is 0.863. The van der Waals surface area contributed by atoms with Gasteiger partial charge in [0.15, 0.2) is 0 Å². The summed E-state index contributed by atoms with van der Waals surface area (Å²) in [5, 5.41) is 10.2. The summed E-state index contributed by atoms with van der Waals surface area (Å²) in [5.74, 6) is 0.179. The fourth-order valence-corrected chi connectivity index (χ4v) is 2.32. The molecule has 0 spiro atoms. The lowest BCUT2D eigenvalue weighted by Gasteiger charge is -2.24. The van der Waals surface area contributed by atoms with Crippen LogP contribution in [0.5, 0.6) is 0 Å². The molecule has 0 aromatic carbocycles. The number of nitrogens with one attached hydrogen (secondary N) is 2. The summed E-state index contributed by atoms with van der Waals surface area (Å²) in [6.45, 7) is 6.49. The lowest BCUT2D eigenvalue weighted by molar-refractivity contribution is -0.122. The average molecular weight is 249 g/mol. The van der Waals surface area contributed by atoms with E-state index in [2.05, 4.69) is 36.3 Å². The van der Waals surface area contributed by atoms with Crippen LogP contribution in [0.25, 0.3) is 0 Å².